The highest BCUT2D eigenvalue weighted by Gasteiger charge is 2.10. The van der Waals surface area contributed by atoms with Crippen molar-refractivity contribution in [3.05, 3.63) is 57.1 Å². The van der Waals surface area contributed by atoms with Gasteiger partial charge in [0.15, 0.2) is 0 Å². The minimum atomic E-state index is -0.239. The van der Waals surface area contributed by atoms with E-state index in [2.05, 4.69) is 9.97 Å². The predicted octanol–water partition coefficient (Wildman–Crippen LogP) is 2.33. The first kappa shape index (κ1) is 13.3. The number of nitrogens with zero attached hydrogens (tertiary/aromatic N) is 1. The molecular weight excluding hydrogens is 240 g/mol. The number of aromatic hydroxyl groups is 1. The molecule has 0 aliphatic heterocycles. The third kappa shape index (κ3) is 3.22. The number of rotatable bonds is 4. The standard InChI is InChI=1S/C15H18N2O2/c1-3-4-12-14(18)16-13(17-15(12)19)9-11-7-5-10(2)6-8-11/h5-8H,3-4,9H2,1-2H3,(H2,16,17,18,19). The number of aryl methyl sites for hydroxylation is 1. The van der Waals surface area contributed by atoms with Gasteiger partial charge in [0, 0.05) is 6.42 Å². The molecule has 0 amide bonds. The fraction of sp³-hybridized carbons (Fsp3) is 0.333. The topological polar surface area (TPSA) is 66.0 Å². The second-order valence-corrected chi connectivity index (χ2v) is 4.73. The second-order valence-electron chi connectivity index (χ2n) is 4.73. The van der Waals surface area contributed by atoms with Gasteiger partial charge in [-0.2, -0.15) is 4.98 Å². The number of hydrogen-bond donors (Lipinski definition) is 2. The lowest BCUT2D eigenvalue weighted by molar-refractivity contribution is 0.439. The van der Waals surface area contributed by atoms with Crippen molar-refractivity contribution in [1.82, 2.24) is 9.97 Å². The first-order valence-electron chi connectivity index (χ1n) is 6.46. The van der Waals surface area contributed by atoms with Gasteiger partial charge < -0.3 is 10.1 Å². The van der Waals surface area contributed by atoms with Gasteiger partial charge in [0.2, 0.25) is 5.88 Å². The summed E-state index contributed by atoms with van der Waals surface area (Å²) in [5.41, 5.74) is 2.37. The summed E-state index contributed by atoms with van der Waals surface area (Å²) in [6, 6.07) is 8.01. The molecule has 2 rings (SSSR count). The Morgan fingerprint density at radius 3 is 2.53 bits per heavy atom. The van der Waals surface area contributed by atoms with Crippen LogP contribution in [0.1, 0.15) is 35.9 Å². The normalized spacial score (nSPS) is 10.6. The van der Waals surface area contributed by atoms with Crippen molar-refractivity contribution in [3.8, 4) is 5.88 Å². The molecule has 4 heteroatoms. The molecule has 0 radical (unpaired) electrons. The van der Waals surface area contributed by atoms with Gasteiger partial charge >= 0.3 is 0 Å². The fourth-order valence-electron chi connectivity index (χ4n) is 1.99. The van der Waals surface area contributed by atoms with Crippen LogP contribution in [0.3, 0.4) is 0 Å². The SMILES string of the molecule is CCCc1c(O)nc(Cc2ccc(C)cc2)[nH]c1=O. The first-order valence-corrected chi connectivity index (χ1v) is 6.46. The molecule has 2 N–H and O–H groups in total. The molecule has 0 saturated heterocycles. The van der Waals surface area contributed by atoms with E-state index in [4.69, 9.17) is 0 Å². The zero-order chi connectivity index (χ0) is 13.8. The van der Waals surface area contributed by atoms with Gasteiger partial charge in [-0.05, 0) is 18.9 Å². The molecule has 0 saturated carbocycles. The molecule has 2 aromatic rings. The molecule has 0 aliphatic carbocycles. The van der Waals surface area contributed by atoms with Gasteiger partial charge in [0.05, 0.1) is 5.56 Å². The van der Waals surface area contributed by atoms with Gasteiger partial charge in [-0.3, -0.25) is 4.79 Å². The maximum absolute atomic E-state index is 11.8. The largest absolute Gasteiger partial charge is 0.493 e. The van der Waals surface area contributed by atoms with Crippen LogP contribution >= 0.6 is 0 Å². The monoisotopic (exact) mass is 258 g/mol. The van der Waals surface area contributed by atoms with Crippen LogP contribution in [-0.4, -0.2) is 15.1 Å². The van der Waals surface area contributed by atoms with Crippen molar-refractivity contribution in [2.45, 2.75) is 33.1 Å². The average Bonchev–Trinajstić information content (AvgIpc) is 2.37. The van der Waals surface area contributed by atoms with E-state index in [1.807, 2.05) is 38.1 Å². The van der Waals surface area contributed by atoms with Crippen molar-refractivity contribution >= 4 is 0 Å². The summed E-state index contributed by atoms with van der Waals surface area (Å²) in [4.78, 5) is 18.6. The molecule has 1 aromatic heterocycles. The van der Waals surface area contributed by atoms with E-state index in [1.54, 1.807) is 0 Å². The van der Waals surface area contributed by atoms with Crippen molar-refractivity contribution < 1.29 is 5.11 Å². The van der Waals surface area contributed by atoms with E-state index < -0.39 is 0 Å². The Morgan fingerprint density at radius 1 is 1.26 bits per heavy atom. The van der Waals surface area contributed by atoms with Gasteiger partial charge in [0.1, 0.15) is 5.82 Å². The maximum atomic E-state index is 11.8. The van der Waals surface area contributed by atoms with E-state index in [0.29, 0.717) is 24.2 Å². The first-order chi connectivity index (χ1) is 9.10. The maximum Gasteiger partial charge on any atom is 0.257 e. The van der Waals surface area contributed by atoms with Crippen molar-refractivity contribution in [3.63, 3.8) is 0 Å². The molecule has 0 fully saturated rings. The highest BCUT2D eigenvalue weighted by molar-refractivity contribution is 5.27. The molecule has 19 heavy (non-hydrogen) atoms. The van der Waals surface area contributed by atoms with E-state index in [9.17, 15) is 9.90 Å². The Balaban J connectivity index is 2.27. The van der Waals surface area contributed by atoms with Crippen LogP contribution in [0.25, 0.3) is 0 Å². The summed E-state index contributed by atoms with van der Waals surface area (Å²) < 4.78 is 0. The smallest absolute Gasteiger partial charge is 0.257 e. The summed E-state index contributed by atoms with van der Waals surface area (Å²) in [6.07, 6.45) is 1.85. The van der Waals surface area contributed by atoms with Crippen molar-refractivity contribution in [2.75, 3.05) is 0 Å². The zero-order valence-corrected chi connectivity index (χ0v) is 11.2. The van der Waals surface area contributed by atoms with E-state index >= 15 is 0 Å². The van der Waals surface area contributed by atoms with E-state index in [-0.39, 0.29) is 11.4 Å². The Morgan fingerprint density at radius 2 is 1.95 bits per heavy atom. The zero-order valence-electron chi connectivity index (χ0n) is 11.2. The van der Waals surface area contributed by atoms with Crippen LogP contribution in [0.2, 0.25) is 0 Å². The van der Waals surface area contributed by atoms with Crippen LogP contribution in [0, 0.1) is 6.92 Å². The number of H-pyrrole nitrogens is 1. The minimum Gasteiger partial charge on any atom is -0.493 e. The molecule has 0 bridgehead atoms. The Bertz CT molecular complexity index is 615. The molecule has 0 spiro atoms. The van der Waals surface area contributed by atoms with E-state index in [0.717, 1.165) is 12.0 Å². The number of nitrogens with one attached hydrogen (secondary N) is 1. The molecule has 1 heterocycles. The van der Waals surface area contributed by atoms with Gasteiger partial charge in [0.25, 0.3) is 5.56 Å². The summed E-state index contributed by atoms with van der Waals surface area (Å²) in [7, 11) is 0. The number of aromatic amines is 1. The third-order valence-corrected chi connectivity index (χ3v) is 3.03. The van der Waals surface area contributed by atoms with Crippen LogP contribution in [-0.2, 0) is 12.8 Å². The summed E-state index contributed by atoms with van der Waals surface area (Å²) in [5, 5.41) is 9.79. The molecule has 100 valence electrons. The minimum absolute atomic E-state index is 0.146. The number of hydrogen-bond acceptors (Lipinski definition) is 3. The molecule has 0 unspecified atom stereocenters. The fourth-order valence-corrected chi connectivity index (χ4v) is 1.99. The lowest BCUT2D eigenvalue weighted by Gasteiger charge is -2.05. The van der Waals surface area contributed by atoms with Crippen LogP contribution in [0.15, 0.2) is 29.1 Å². The lowest BCUT2D eigenvalue weighted by Crippen LogP contribution is -2.17. The summed E-state index contributed by atoms with van der Waals surface area (Å²) in [5.74, 6) is 0.346. The molecular formula is C15H18N2O2. The molecule has 4 nitrogen and oxygen atoms in total. The van der Waals surface area contributed by atoms with Crippen LogP contribution < -0.4 is 5.56 Å². The molecule has 1 aromatic carbocycles. The highest BCUT2D eigenvalue weighted by Crippen LogP contribution is 2.13. The average molecular weight is 258 g/mol. The number of aromatic nitrogens is 2. The quantitative estimate of drug-likeness (QED) is 0.884. The summed E-state index contributed by atoms with van der Waals surface area (Å²) in [6.45, 7) is 3.98. The van der Waals surface area contributed by atoms with Crippen LogP contribution in [0.5, 0.6) is 5.88 Å². The highest BCUT2D eigenvalue weighted by atomic mass is 16.3. The van der Waals surface area contributed by atoms with Crippen molar-refractivity contribution in [2.24, 2.45) is 0 Å². The molecule has 0 atom stereocenters. The Kier molecular flexibility index (Phi) is 4.00. The van der Waals surface area contributed by atoms with Gasteiger partial charge in [-0.1, -0.05) is 43.2 Å². The van der Waals surface area contributed by atoms with Crippen molar-refractivity contribution in [1.29, 1.82) is 0 Å². The van der Waals surface area contributed by atoms with Crippen LogP contribution in [0.4, 0.5) is 0 Å². The summed E-state index contributed by atoms with van der Waals surface area (Å²) >= 11 is 0. The predicted molar refractivity (Wildman–Crippen MR) is 74.5 cm³/mol. The Labute approximate surface area is 112 Å². The lowest BCUT2D eigenvalue weighted by atomic mass is 10.1. The molecule has 0 aliphatic rings. The van der Waals surface area contributed by atoms with E-state index in [1.165, 1.54) is 5.56 Å². The second kappa shape index (κ2) is 5.69. The van der Waals surface area contributed by atoms with Gasteiger partial charge in [-0.15, -0.1) is 0 Å². The Hall–Kier alpha value is -2.10. The number of benzene rings is 1. The van der Waals surface area contributed by atoms with Gasteiger partial charge in [-0.25, -0.2) is 0 Å². The third-order valence-electron chi connectivity index (χ3n) is 3.03.